The molecule has 0 saturated carbocycles. The van der Waals surface area contributed by atoms with Gasteiger partial charge in [-0.2, -0.15) is 0 Å². The smallest absolute Gasteiger partial charge is 0.316 e. The maximum atomic E-state index is 11.1. The number of hydrogen-bond donors (Lipinski definition) is 4. The monoisotopic (exact) mass is 282 g/mol. The number of benzene rings is 1. The fourth-order valence-electron chi connectivity index (χ4n) is 2.19. The molecule has 1 aromatic rings. The number of nitrogens with one attached hydrogen (secondary N) is 2. The summed E-state index contributed by atoms with van der Waals surface area (Å²) in [6.07, 6.45) is 1.01. The molecule has 110 valence electrons. The molecule has 1 heterocycles. The lowest BCUT2D eigenvalue weighted by atomic mass is 9.94. The minimum Gasteiger partial charge on any atom is -0.388 e. The van der Waals surface area contributed by atoms with Crippen LogP contribution in [0.25, 0.3) is 0 Å². The Morgan fingerprint density at radius 2 is 2.05 bits per heavy atom. The number of hydrazine groups is 1. The van der Waals surface area contributed by atoms with Crippen molar-refractivity contribution < 1.29 is 14.8 Å². The van der Waals surface area contributed by atoms with E-state index in [1.165, 1.54) is 6.07 Å². The van der Waals surface area contributed by atoms with Gasteiger partial charge in [0, 0.05) is 32.6 Å². The molecule has 20 heavy (non-hydrogen) atoms. The van der Waals surface area contributed by atoms with Gasteiger partial charge in [-0.25, -0.2) is 0 Å². The molecule has 1 aliphatic rings. The van der Waals surface area contributed by atoms with Crippen molar-refractivity contribution >= 4 is 17.1 Å². The summed E-state index contributed by atoms with van der Waals surface area (Å²) >= 11 is 0. The van der Waals surface area contributed by atoms with Gasteiger partial charge < -0.3 is 20.6 Å². The number of nitro groups is 1. The first-order chi connectivity index (χ1) is 9.56. The Kier molecular flexibility index (Phi) is 4.38. The fraction of sp³-hybridized carbons (Fsp3) is 0.500. The van der Waals surface area contributed by atoms with Crippen LogP contribution in [0.3, 0.4) is 0 Å². The van der Waals surface area contributed by atoms with Crippen molar-refractivity contribution in [3.63, 3.8) is 0 Å². The molecule has 0 amide bonds. The van der Waals surface area contributed by atoms with Crippen LogP contribution in [-0.4, -0.2) is 35.4 Å². The lowest BCUT2D eigenvalue weighted by Gasteiger charge is -2.32. The van der Waals surface area contributed by atoms with Crippen molar-refractivity contribution in [2.75, 3.05) is 30.5 Å². The Morgan fingerprint density at radius 3 is 2.65 bits per heavy atom. The van der Waals surface area contributed by atoms with Gasteiger partial charge in [-0.05, 0) is 12.1 Å². The summed E-state index contributed by atoms with van der Waals surface area (Å²) in [6.45, 7) is 1.21. The molecule has 1 fully saturated rings. The zero-order valence-electron chi connectivity index (χ0n) is 11.0. The van der Waals surface area contributed by atoms with Crippen molar-refractivity contribution in [2.45, 2.75) is 18.4 Å². The number of nitrogen functional groups attached to an aromatic ring is 1. The second kappa shape index (κ2) is 6.04. The second-order valence-electron chi connectivity index (χ2n) is 4.79. The van der Waals surface area contributed by atoms with Gasteiger partial charge in [0.2, 0.25) is 0 Å². The highest BCUT2D eigenvalue weighted by Crippen LogP contribution is 2.33. The van der Waals surface area contributed by atoms with Gasteiger partial charge in [-0.15, -0.1) is 0 Å². The number of para-hydroxylation sites is 1. The molecule has 0 aliphatic carbocycles. The highest BCUT2D eigenvalue weighted by Gasteiger charge is 2.30. The standard InChI is InChI=1S/C12H18N4O4/c13-15-10-3-1-2-9(11(10)16(18)19)14-8-12(17)4-6-20-7-5-12/h1-3,14-15,17H,4-8,13H2. The molecule has 0 spiro atoms. The molecule has 1 aromatic carbocycles. The van der Waals surface area contributed by atoms with Gasteiger partial charge in [0.25, 0.3) is 0 Å². The molecule has 0 unspecified atom stereocenters. The molecule has 8 nitrogen and oxygen atoms in total. The van der Waals surface area contributed by atoms with E-state index in [9.17, 15) is 15.2 Å². The highest BCUT2D eigenvalue weighted by atomic mass is 16.6. The summed E-state index contributed by atoms with van der Waals surface area (Å²) < 4.78 is 5.19. The quantitative estimate of drug-likeness (QED) is 0.358. The Bertz CT molecular complexity index is 488. The zero-order valence-corrected chi connectivity index (χ0v) is 11.0. The van der Waals surface area contributed by atoms with Crippen LogP contribution in [0.5, 0.6) is 0 Å². The van der Waals surface area contributed by atoms with E-state index in [0.29, 0.717) is 31.7 Å². The summed E-state index contributed by atoms with van der Waals surface area (Å²) in [6, 6.07) is 4.76. The fourth-order valence-corrected chi connectivity index (χ4v) is 2.19. The predicted molar refractivity (Wildman–Crippen MR) is 74.4 cm³/mol. The number of anilines is 2. The third kappa shape index (κ3) is 3.16. The second-order valence-corrected chi connectivity index (χ2v) is 4.79. The van der Waals surface area contributed by atoms with Gasteiger partial charge in [0.15, 0.2) is 0 Å². The average molecular weight is 282 g/mol. The van der Waals surface area contributed by atoms with E-state index < -0.39 is 10.5 Å². The third-order valence-electron chi connectivity index (χ3n) is 3.41. The van der Waals surface area contributed by atoms with Crippen LogP contribution < -0.4 is 16.6 Å². The van der Waals surface area contributed by atoms with E-state index in [1.807, 2.05) is 0 Å². The van der Waals surface area contributed by atoms with Crippen molar-refractivity contribution in [1.29, 1.82) is 0 Å². The molecular weight excluding hydrogens is 264 g/mol. The summed E-state index contributed by atoms with van der Waals surface area (Å²) in [7, 11) is 0. The summed E-state index contributed by atoms with van der Waals surface area (Å²) in [5.74, 6) is 5.27. The first kappa shape index (κ1) is 14.5. The Balaban J connectivity index is 2.14. The molecule has 0 bridgehead atoms. The molecule has 0 aromatic heterocycles. The summed E-state index contributed by atoms with van der Waals surface area (Å²) in [5.41, 5.74) is 1.81. The predicted octanol–water partition coefficient (Wildman–Crippen LogP) is 0.834. The first-order valence-corrected chi connectivity index (χ1v) is 6.34. The van der Waals surface area contributed by atoms with Gasteiger partial charge >= 0.3 is 5.69 Å². The van der Waals surface area contributed by atoms with Crippen LogP contribution in [0.4, 0.5) is 17.1 Å². The number of nitrogens with two attached hydrogens (primary N) is 1. The summed E-state index contributed by atoms with van der Waals surface area (Å²) in [5, 5.41) is 24.4. The lowest BCUT2D eigenvalue weighted by molar-refractivity contribution is -0.383. The lowest BCUT2D eigenvalue weighted by Crippen LogP contribution is -2.42. The van der Waals surface area contributed by atoms with Gasteiger partial charge in [-0.1, -0.05) is 6.07 Å². The number of rotatable bonds is 5. The van der Waals surface area contributed by atoms with Crippen molar-refractivity contribution in [2.24, 2.45) is 5.84 Å². The molecular formula is C12H18N4O4. The Hall–Kier alpha value is -1.90. The van der Waals surface area contributed by atoms with Crippen LogP contribution in [0, 0.1) is 10.1 Å². The average Bonchev–Trinajstić information content (AvgIpc) is 2.45. The molecule has 5 N–H and O–H groups in total. The van der Waals surface area contributed by atoms with Crippen molar-refractivity contribution in [3.05, 3.63) is 28.3 Å². The van der Waals surface area contributed by atoms with Gasteiger partial charge in [0.05, 0.1) is 10.5 Å². The maximum absolute atomic E-state index is 11.1. The number of hydrogen-bond acceptors (Lipinski definition) is 7. The van der Waals surface area contributed by atoms with E-state index in [-0.39, 0.29) is 17.9 Å². The van der Waals surface area contributed by atoms with Gasteiger partial charge in [-0.3, -0.25) is 16.0 Å². The van der Waals surface area contributed by atoms with E-state index in [2.05, 4.69) is 10.7 Å². The van der Waals surface area contributed by atoms with E-state index >= 15 is 0 Å². The van der Waals surface area contributed by atoms with E-state index in [1.54, 1.807) is 12.1 Å². The maximum Gasteiger partial charge on any atom is 0.316 e. The zero-order chi connectivity index (χ0) is 14.6. The van der Waals surface area contributed by atoms with Crippen LogP contribution in [0.15, 0.2) is 18.2 Å². The van der Waals surface area contributed by atoms with Crippen LogP contribution in [-0.2, 0) is 4.74 Å². The largest absolute Gasteiger partial charge is 0.388 e. The Morgan fingerprint density at radius 1 is 1.40 bits per heavy atom. The molecule has 8 heteroatoms. The highest BCUT2D eigenvalue weighted by molar-refractivity contribution is 5.75. The number of ether oxygens (including phenoxy) is 1. The summed E-state index contributed by atoms with van der Waals surface area (Å²) in [4.78, 5) is 10.6. The first-order valence-electron chi connectivity index (χ1n) is 6.34. The topological polar surface area (TPSA) is 123 Å². The molecule has 2 rings (SSSR count). The van der Waals surface area contributed by atoms with Gasteiger partial charge in [0.1, 0.15) is 11.4 Å². The number of nitro benzene ring substituents is 1. The molecule has 1 saturated heterocycles. The normalized spacial score (nSPS) is 17.5. The minimum absolute atomic E-state index is 0.134. The van der Waals surface area contributed by atoms with Crippen LogP contribution in [0.2, 0.25) is 0 Å². The minimum atomic E-state index is -0.904. The number of aliphatic hydroxyl groups is 1. The van der Waals surface area contributed by atoms with Crippen LogP contribution in [0.1, 0.15) is 12.8 Å². The third-order valence-corrected chi connectivity index (χ3v) is 3.41. The molecule has 0 atom stereocenters. The number of nitrogens with zero attached hydrogens (tertiary/aromatic N) is 1. The van der Waals surface area contributed by atoms with E-state index in [4.69, 9.17) is 10.6 Å². The van der Waals surface area contributed by atoms with E-state index in [0.717, 1.165) is 0 Å². The Labute approximate surface area is 116 Å². The molecule has 1 aliphatic heterocycles. The van der Waals surface area contributed by atoms with Crippen molar-refractivity contribution in [1.82, 2.24) is 0 Å². The van der Waals surface area contributed by atoms with Crippen molar-refractivity contribution in [3.8, 4) is 0 Å². The SMILES string of the molecule is NNc1cccc(NCC2(O)CCOCC2)c1[N+](=O)[O-]. The molecule has 0 radical (unpaired) electrons. The van der Waals surface area contributed by atoms with Crippen LogP contribution >= 0.6 is 0 Å².